The van der Waals surface area contributed by atoms with E-state index >= 15 is 0 Å². The number of rotatable bonds is 3. The highest BCUT2D eigenvalue weighted by Crippen LogP contribution is 2.11. The van der Waals surface area contributed by atoms with Crippen molar-refractivity contribution in [3.63, 3.8) is 0 Å². The lowest BCUT2D eigenvalue weighted by molar-refractivity contribution is 0.109. The largest absolute Gasteiger partial charge is 0.298 e. The molecule has 66 valence electrons. The summed E-state index contributed by atoms with van der Waals surface area (Å²) in [5.74, 6) is 0. The van der Waals surface area contributed by atoms with Gasteiger partial charge in [0.25, 0.3) is 0 Å². The standard InChI is InChI=1S/C9H5IO3/c10-9(13)6-1-2-7(4-11)8(3-6)5-12/h1-5H. The minimum atomic E-state index is -0.154. The fourth-order valence-corrected chi connectivity index (χ4v) is 1.24. The van der Waals surface area contributed by atoms with Crippen molar-refractivity contribution in [2.45, 2.75) is 0 Å². The van der Waals surface area contributed by atoms with Crippen molar-refractivity contribution in [3.05, 3.63) is 34.9 Å². The molecule has 0 fully saturated rings. The zero-order chi connectivity index (χ0) is 9.84. The molecule has 0 aliphatic rings. The van der Waals surface area contributed by atoms with Gasteiger partial charge in [0.1, 0.15) is 0 Å². The van der Waals surface area contributed by atoms with Gasteiger partial charge in [0.2, 0.25) is 3.79 Å². The van der Waals surface area contributed by atoms with E-state index in [0.29, 0.717) is 23.7 Å². The molecule has 0 N–H and O–H groups in total. The second-order valence-corrected chi connectivity index (χ2v) is 3.33. The van der Waals surface area contributed by atoms with Gasteiger partial charge >= 0.3 is 0 Å². The normalized spacial score (nSPS) is 9.31. The molecule has 0 saturated heterocycles. The Hall–Kier alpha value is -1.04. The van der Waals surface area contributed by atoms with Gasteiger partial charge in [-0.25, -0.2) is 0 Å². The third-order valence-electron chi connectivity index (χ3n) is 1.57. The molecule has 4 heteroatoms. The second kappa shape index (κ2) is 4.27. The van der Waals surface area contributed by atoms with Gasteiger partial charge in [-0.1, -0.05) is 6.07 Å². The number of carbonyl (C=O) groups is 3. The summed E-state index contributed by atoms with van der Waals surface area (Å²) in [7, 11) is 0. The first-order chi connectivity index (χ1) is 6.19. The molecule has 0 aromatic heterocycles. The van der Waals surface area contributed by atoms with Gasteiger partial charge in [-0.2, -0.15) is 0 Å². The van der Waals surface area contributed by atoms with E-state index in [1.54, 1.807) is 22.6 Å². The summed E-state index contributed by atoms with van der Waals surface area (Å²) in [6.07, 6.45) is 1.15. The molecule has 0 aliphatic carbocycles. The third kappa shape index (κ3) is 2.21. The number of halogens is 1. The van der Waals surface area contributed by atoms with E-state index < -0.39 is 0 Å². The molecule has 0 radical (unpaired) electrons. The van der Waals surface area contributed by atoms with Gasteiger partial charge < -0.3 is 0 Å². The predicted octanol–water partition coefficient (Wildman–Crippen LogP) is 1.89. The van der Waals surface area contributed by atoms with Gasteiger partial charge in [0, 0.05) is 39.3 Å². The molecule has 0 atom stereocenters. The van der Waals surface area contributed by atoms with Crippen LogP contribution in [0.4, 0.5) is 0 Å². The van der Waals surface area contributed by atoms with Crippen LogP contribution in [-0.4, -0.2) is 16.4 Å². The SMILES string of the molecule is O=Cc1ccc(C(=O)I)cc1C=O. The van der Waals surface area contributed by atoms with Gasteiger partial charge in [0.05, 0.1) is 0 Å². The smallest absolute Gasteiger partial charge is 0.222 e. The quantitative estimate of drug-likeness (QED) is 0.485. The Labute approximate surface area is 88.3 Å². The molecule has 1 rings (SSSR count). The Bertz CT molecular complexity index is 371. The van der Waals surface area contributed by atoms with Crippen LogP contribution in [0.2, 0.25) is 0 Å². The van der Waals surface area contributed by atoms with E-state index in [1.165, 1.54) is 18.2 Å². The zero-order valence-corrected chi connectivity index (χ0v) is 8.65. The monoisotopic (exact) mass is 288 g/mol. The summed E-state index contributed by atoms with van der Waals surface area (Å²) in [4.78, 5) is 31.8. The van der Waals surface area contributed by atoms with E-state index in [2.05, 4.69) is 0 Å². The summed E-state index contributed by atoms with van der Waals surface area (Å²) >= 11 is 1.62. The molecule has 0 saturated carbocycles. The van der Waals surface area contributed by atoms with Gasteiger partial charge in [0.15, 0.2) is 12.6 Å². The van der Waals surface area contributed by atoms with E-state index in [-0.39, 0.29) is 9.35 Å². The van der Waals surface area contributed by atoms with Crippen molar-refractivity contribution in [2.24, 2.45) is 0 Å². The Morgan fingerprint density at radius 2 is 1.77 bits per heavy atom. The highest BCUT2D eigenvalue weighted by Gasteiger charge is 2.05. The third-order valence-corrected chi connectivity index (χ3v) is 2.19. The Balaban J connectivity index is 3.28. The number of aldehydes is 2. The molecule has 3 nitrogen and oxygen atoms in total. The zero-order valence-electron chi connectivity index (χ0n) is 6.49. The van der Waals surface area contributed by atoms with E-state index in [4.69, 9.17) is 0 Å². The number of hydrogen-bond acceptors (Lipinski definition) is 3. The van der Waals surface area contributed by atoms with Crippen molar-refractivity contribution < 1.29 is 14.4 Å². The maximum Gasteiger partial charge on any atom is 0.222 e. The molecule has 13 heavy (non-hydrogen) atoms. The first kappa shape index (κ1) is 10.0. The average molecular weight is 288 g/mol. The number of benzene rings is 1. The van der Waals surface area contributed by atoms with Crippen molar-refractivity contribution in [1.29, 1.82) is 0 Å². The van der Waals surface area contributed by atoms with E-state index in [9.17, 15) is 14.4 Å². The Kier molecular flexibility index (Phi) is 3.30. The molecule has 0 amide bonds. The minimum Gasteiger partial charge on any atom is -0.298 e. The lowest BCUT2D eigenvalue weighted by atomic mass is 10.1. The van der Waals surface area contributed by atoms with Crippen LogP contribution in [0.1, 0.15) is 31.1 Å². The highest BCUT2D eigenvalue weighted by molar-refractivity contribution is 14.1. The van der Waals surface area contributed by atoms with Crippen molar-refractivity contribution in [3.8, 4) is 0 Å². The maximum absolute atomic E-state index is 10.9. The fourth-order valence-electron chi connectivity index (χ4n) is 0.906. The lowest BCUT2D eigenvalue weighted by Crippen LogP contribution is -1.95. The van der Waals surface area contributed by atoms with Gasteiger partial charge in [-0.15, -0.1) is 0 Å². The summed E-state index contributed by atoms with van der Waals surface area (Å²) in [6.45, 7) is 0. The number of carbonyl (C=O) groups excluding carboxylic acids is 3. The molecule has 1 aromatic carbocycles. The Morgan fingerprint density at radius 1 is 1.15 bits per heavy atom. The van der Waals surface area contributed by atoms with Crippen LogP contribution < -0.4 is 0 Å². The van der Waals surface area contributed by atoms with Crippen LogP contribution in [-0.2, 0) is 0 Å². The minimum absolute atomic E-state index is 0.154. The van der Waals surface area contributed by atoms with E-state index in [1.807, 2.05) is 0 Å². The summed E-state index contributed by atoms with van der Waals surface area (Å²) < 4.78 is -0.154. The topological polar surface area (TPSA) is 51.2 Å². The summed E-state index contributed by atoms with van der Waals surface area (Å²) in [5, 5.41) is 0. The molecular formula is C9H5IO3. The second-order valence-electron chi connectivity index (χ2n) is 2.35. The van der Waals surface area contributed by atoms with Crippen molar-refractivity contribution in [1.82, 2.24) is 0 Å². The molecule has 0 unspecified atom stereocenters. The van der Waals surface area contributed by atoms with Crippen molar-refractivity contribution >= 4 is 39.0 Å². The van der Waals surface area contributed by atoms with Crippen LogP contribution in [0.5, 0.6) is 0 Å². The fraction of sp³-hybridized carbons (Fsp3) is 0. The van der Waals surface area contributed by atoms with Crippen LogP contribution in [0.15, 0.2) is 18.2 Å². The lowest BCUT2D eigenvalue weighted by Gasteiger charge is -1.98. The molecule has 0 heterocycles. The predicted molar refractivity (Wildman–Crippen MR) is 55.6 cm³/mol. The van der Waals surface area contributed by atoms with Crippen LogP contribution in [0, 0.1) is 0 Å². The molecule has 0 aliphatic heterocycles. The van der Waals surface area contributed by atoms with Crippen LogP contribution in [0.3, 0.4) is 0 Å². The molecule has 1 aromatic rings. The van der Waals surface area contributed by atoms with Crippen LogP contribution in [0.25, 0.3) is 0 Å². The number of hydrogen-bond donors (Lipinski definition) is 0. The van der Waals surface area contributed by atoms with Gasteiger partial charge in [-0.3, -0.25) is 14.4 Å². The maximum atomic E-state index is 10.9. The van der Waals surface area contributed by atoms with Gasteiger partial charge in [-0.05, 0) is 12.1 Å². The molecular weight excluding hydrogens is 283 g/mol. The first-order valence-electron chi connectivity index (χ1n) is 3.43. The first-order valence-corrected chi connectivity index (χ1v) is 4.51. The van der Waals surface area contributed by atoms with Crippen LogP contribution >= 0.6 is 22.6 Å². The summed E-state index contributed by atoms with van der Waals surface area (Å²) in [5.41, 5.74) is 0.974. The van der Waals surface area contributed by atoms with Crippen molar-refractivity contribution in [2.75, 3.05) is 0 Å². The Morgan fingerprint density at radius 3 is 2.23 bits per heavy atom. The molecule has 0 bridgehead atoms. The highest BCUT2D eigenvalue weighted by atomic mass is 127. The average Bonchev–Trinajstić information content (AvgIpc) is 2.16. The summed E-state index contributed by atoms with van der Waals surface area (Å²) in [6, 6.07) is 4.39. The molecule has 0 spiro atoms. The van der Waals surface area contributed by atoms with E-state index in [0.717, 1.165) is 0 Å².